The largest absolute Gasteiger partial charge is 0.486 e. The number of rotatable bonds is 7. The first-order valence-electron chi connectivity index (χ1n) is 13.8. The number of nitrogens with one attached hydrogen (secondary N) is 1. The SMILES string of the molecule is Cc1ccc(CN(C(=O)c2cc3ccccc3oc2=O)[C@@H]2C=C(C(=O)NCCO)[C@@H]3c4ccccc4O[C@@H]3[C@H]2O)cc1. The lowest BCUT2D eigenvalue weighted by Gasteiger charge is -2.40. The summed E-state index contributed by atoms with van der Waals surface area (Å²) in [6, 6.07) is 22.2. The zero-order valence-electron chi connectivity index (χ0n) is 22.9. The predicted molar refractivity (Wildman–Crippen MR) is 155 cm³/mol. The van der Waals surface area contributed by atoms with Crippen molar-refractivity contribution < 1.29 is 29.0 Å². The Bertz CT molecular complexity index is 1740. The van der Waals surface area contributed by atoms with Crippen LogP contribution in [0.15, 0.2) is 99.7 Å². The van der Waals surface area contributed by atoms with E-state index in [1.165, 1.54) is 11.0 Å². The molecule has 1 aliphatic carbocycles. The molecular formula is C33H30N2O7. The van der Waals surface area contributed by atoms with Gasteiger partial charge in [0, 0.05) is 29.6 Å². The molecule has 0 bridgehead atoms. The number of aliphatic hydroxyl groups excluding tert-OH is 2. The Morgan fingerprint density at radius 3 is 2.52 bits per heavy atom. The number of para-hydroxylation sites is 2. The highest BCUT2D eigenvalue weighted by Gasteiger charge is 2.50. The monoisotopic (exact) mass is 566 g/mol. The lowest BCUT2D eigenvalue weighted by atomic mass is 9.77. The minimum Gasteiger partial charge on any atom is -0.486 e. The molecule has 0 unspecified atom stereocenters. The van der Waals surface area contributed by atoms with Crippen molar-refractivity contribution in [3.05, 3.63) is 123 Å². The summed E-state index contributed by atoms with van der Waals surface area (Å²) in [6.45, 7) is 1.78. The molecule has 0 radical (unpaired) electrons. The van der Waals surface area contributed by atoms with Crippen LogP contribution in [0.3, 0.4) is 0 Å². The third-order valence-electron chi connectivity index (χ3n) is 7.84. The van der Waals surface area contributed by atoms with Gasteiger partial charge in [-0.25, -0.2) is 4.79 Å². The number of aryl methyl sites for hydroxylation is 1. The smallest absolute Gasteiger partial charge is 0.349 e. The fourth-order valence-corrected chi connectivity index (χ4v) is 5.76. The molecule has 42 heavy (non-hydrogen) atoms. The van der Waals surface area contributed by atoms with Gasteiger partial charge in [0.25, 0.3) is 5.91 Å². The van der Waals surface area contributed by atoms with E-state index in [2.05, 4.69) is 5.32 Å². The first kappa shape index (κ1) is 27.4. The second kappa shape index (κ2) is 11.3. The second-order valence-electron chi connectivity index (χ2n) is 10.6. The molecule has 1 aromatic heterocycles. The molecule has 9 heteroatoms. The van der Waals surface area contributed by atoms with Crippen molar-refractivity contribution in [2.45, 2.75) is 37.6 Å². The van der Waals surface area contributed by atoms with Crippen LogP contribution in [-0.2, 0) is 11.3 Å². The Morgan fingerprint density at radius 1 is 1.00 bits per heavy atom. The van der Waals surface area contributed by atoms with Crippen LogP contribution in [0, 0.1) is 6.92 Å². The molecule has 6 rings (SSSR count). The first-order valence-corrected chi connectivity index (χ1v) is 13.8. The number of nitrogens with zero attached hydrogens (tertiary/aromatic N) is 1. The van der Waals surface area contributed by atoms with Crippen LogP contribution in [0.4, 0.5) is 0 Å². The summed E-state index contributed by atoms with van der Waals surface area (Å²) in [6.07, 6.45) is -0.522. The van der Waals surface area contributed by atoms with Crippen molar-refractivity contribution in [1.29, 1.82) is 0 Å². The third-order valence-corrected chi connectivity index (χ3v) is 7.84. The number of carbonyl (C=O) groups is 2. The average molecular weight is 567 g/mol. The molecule has 0 saturated heterocycles. The number of ether oxygens (including phenoxy) is 1. The highest BCUT2D eigenvalue weighted by Crippen LogP contribution is 2.47. The molecule has 0 saturated carbocycles. The minimum atomic E-state index is -1.24. The molecule has 4 atom stereocenters. The number of carbonyl (C=O) groups excluding carboxylic acids is 2. The van der Waals surface area contributed by atoms with Crippen LogP contribution in [-0.4, -0.2) is 58.3 Å². The van der Waals surface area contributed by atoms with Crippen LogP contribution >= 0.6 is 0 Å². The van der Waals surface area contributed by atoms with E-state index in [9.17, 15) is 24.6 Å². The van der Waals surface area contributed by atoms with Gasteiger partial charge < -0.3 is 29.6 Å². The summed E-state index contributed by atoms with van der Waals surface area (Å²) in [5.74, 6) is -1.14. The van der Waals surface area contributed by atoms with E-state index in [1.54, 1.807) is 36.4 Å². The maximum atomic E-state index is 14.2. The van der Waals surface area contributed by atoms with Crippen LogP contribution in [0.2, 0.25) is 0 Å². The van der Waals surface area contributed by atoms with E-state index in [-0.39, 0.29) is 25.3 Å². The second-order valence-corrected chi connectivity index (χ2v) is 10.6. The summed E-state index contributed by atoms with van der Waals surface area (Å²) < 4.78 is 11.6. The Labute approximate surface area is 241 Å². The van der Waals surface area contributed by atoms with Crippen LogP contribution < -0.4 is 15.7 Å². The van der Waals surface area contributed by atoms with Gasteiger partial charge in [-0.2, -0.15) is 0 Å². The highest BCUT2D eigenvalue weighted by atomic mass is 16.5. The number of fused-ring (bicyclic) bond motifs is 4. The van der Waals surface area contributed by atoms with Crippen molar-refractivity contribution in [3.8, 4) is 5.75 Å². The summed E-state index contributed by atoms with van der Waals surface area (Å²) in [7, 11) is 0. The van der Waals surface area contributed by atoms with E-state index < -0.39 is 41.6 Å². The molecule has 1 aliphatic heterocycles. The maximum absolute atomic E-state index is 14.2. The Kier molecular flexibility index (Phi) is 7.36. The van der Waals surface area contributed by atoms with E-state index >= 15 is 0 Å². The van der Waals surface area contributed by atoms with Crippen LogP contribution in [0.1, 0.15) is 33.0 Å². The van der Waals surface area contributed by atoms with Crippen molar-refractivity contribution >= 4 is 22.8 Å². The standard InChI is InChI=1S/C33H30N2O7/c1-19-10-12-20(13-11-19)18-35(32(39)24-16-21-6-2-4-8-26(21)42-33(24)40)25-17-23(31(38)34-14-15-36)28-22-7-3-5-9-27(22)41-30(28)29(25)37/h2-13,16-17,25,28-30,36-37H,14-15,18H2,1H3,(H,34,38)/t25-,28+,29+,30+/m1/s1. The molecule has 2 heterocycles. The van der Waals surface area contributed by atoms with Crippen LogP contribution in [0.5, 0.6) is 5.75 Å². The normalized spacial score (nSPS) is 20.7. The maximum Gasteiger partial charge on any atom is 0.349 e. The van der Waals surface area contributed by atoms with Gasteiger partial charge in [-0.1, -0.05) is 66.2 Å². The van der Waals surface area contributed by atoms with Gasteiger partial charge in [0.05, 0.1) is 18.6 Å². The molecule has 9 nitrogen and oxygen atoms in total. The molecule has 0 fully saturated rings. The lowest BCUT2D eigenvalue weighted by molar-refractivity contribution is -0.118. The number of hydrogen-bond acceptors (Lipinski definition) is 7. The van der Waals surface area contributed by atoms with Crippen molar-refractivity contribution in [2.24, 2.45) is 0 Å². The molecule has 4 aromatic rings. The summed E-state index contributed by atoms with van der Waals surface area (Å²) in [4.78, 5) is 42.1. The van der Waals surface area contributed by atoms with Gasteiger partial charge in [-0.3, -0.25) is 9.59 Å². The molecule has 3 aromatic carbocycles. The Balaban J connectivity index is 1.47. The third kappa shape index (κ3) is 4.97. The predicted octanol–water partition coefficient (Wildman–Crippen LogP) is 3.07. The van der Waals surface area contributed by atoms with Gasteiger partial charge in [0.1, 0.15) is 29.1 Å². The zero-order valence-corrected chi connectivity index (χ0v) is 22.9. The average Bonchev–Trinajstić information content (AvgIpc) is 3.40. The number of aliphatic hydroxyl groups is 2. The van der Waals surface area contributed by atoms with Crippen LogP contribution in [0.25, 0.3) is 11.0 Å². The fourth-order valence-electron chi connectivity index (χ4n) is 5.76. The fraction of sp³-hybridized carbons (Fsp3) is 0.242. The first-order chi connectivity index (χ1) is 20.4. The Hall–Kier alpha value is -4.73. The van der Waals surface area contributed by atoms with Gasteiger partial charge in [0.15, 0.2) is 0 Å². The molecule has 3 N–H and O–H groups in total. The van der Waals surface area contributed by atoms with E-state index in [4.69, 9.17) is 9.15 Å². The summed E-state index contributed by atoms with van der Waals surface area (Å²) >= 11 is 0. The lowest BCUT2D eigenvalue weighted by Crippen LogP contribution is -2.55. The molecule has 2 aliphatic rings. The number of benzene rings is 3. The molecular weight excluding hydrogens is 536 g/mol. The minimum absolute atomic E-state index is 0.0351. The van der Waals surface area contributed by atoms with Gasteiger partial charge in [-0.05, 0) is 36.8 Å². The van der Waals surface area contributed by atoms with Crippen molar-refractivity contribution in [2.75, 3.05) is 13.2 Å². The van der Waals surface area contributed by atoms with Crippen molar-refractivity contribution in [3.63, 3.8) is 0 Å². The quantitative estimate of drug-likeness (QED) is 0.293. The van der Waals surface area contributed by atoms with Gasteiger partial charge in [-0.15, -0.1) is 0 Å². The Morgan fingerprint density at radius 2 is 1.74 bits per heavy atom. The number of hydrogen-bond donors (Lipinski definition) is 3. The summed E-state index contributed by atoms with van der Waals surface area (Å²) in [5.41, 5.74) is 2.22. The molecule has 2 amide bonds. The zero-order chi connectivity index (χ0) is 29.4. The van der Waals surface area contributed by atoms with Gasteiger partial charge in [0.2, 0.25) is 5.91 Å². The van der Waals surface area contributed by atoms with Gasteiger partial charge >= 0.3 is 5.63 Å². The summed E-state index contributed by atoms with van der Waals surface area (Å²) in [5, 5.41) is 24.4. The van der Waals surface area contributed by atoms with E-state index in [0.717, 1.165) is 16.7 Å². The molecule has 214 valence electrons. The van der Waals surface area contributed by atoms with E-state index in [0.29, 0.717) is 22.3 Å². The van der Waals surface area contributed by atoms with E-state index in [1.807, 2.05) is 49.4 Å². The molecule has 0 spiro atoms. The highest BCUT2D eigenvalue weighted by molar-refractivity contribution is 5.98. The number of amides is 2. The van der Waals surface area contributed by atoms with Crippen molar-refractivity contribution in [1.82, 2.24) is 10.2 Å². The topological polar surface area (TPSA) is 129 Å².